The number of hydrogen-bond acceptors (Lipinski definition) is 3. The number of unbranched alkanes of at least 4 members (excludes halogenated alkanes) is 2. The van der Waals surface area contributed by atoms with Gasteiger partial charge in [0.25, 0.3) is 0 Å². The van der Waals surface area contributed by atoms with E-state index in [0.29, 0.717) is 6.54 Å². The Morgan fingerprint density at radius 3 is 2.00 bits per heavy atom. The molecule has 0 saturated heterocycles. The summed E-state index contributed by atoms with van der Waals surface area (Å²) in [6.45, 7) is 6.95. The lowest BCUT2D eigenvalue weighted by Crippen LogP contribution is -2.26. The van der Waals surface area contributed by atoms with Crippen molar-refractivity contribution in [1.82, 2.24) is 4.72 Å². The molecule has 0 aliphatic rings. The van der Waals surface area contributed by atoms with Crippen molar-refractivity contribution in [2.24, 2.45) is 5.73 Å². The van der Waals surface area contributed by atoms with Crippen molar-refractivity contribution in [1.29, 1.82) is 0 Å². The summed E-state index contributed by atoms with van der Waals surface area (Å²) < 4.78 is 50.2. The molecule has 1 atom stereocenters. The van der Waals surface area contributed by atoms with Crippen LogP contribution >= 0.6 is 0 Å². The number of halogens is 3. The maximum atomic E-state index is 12.0. The zero-order valence-electron chi connectivity index (χ0n) is 18.5. The zero-order valence-corrected chi connectivity index (χ0v) is 19.4. The predicted molar refractivity (Wildman–Crippen MR) is 123 cm³/mol. The Hall–Kier alpha value is -1.90. The van der Waals surface area contributed by atoms with E-state index in [1.165, 1.54) is 37.8 Å². The molecule has 0 saturated carbocycles. The van der Waals surface area contributed by atoms with Crippen LogP contribution < -0.4 is 15.4 Å². The van der Waals surface area contributed by atoms with Gasteiger partial charge in [-0.3, -0.25) is 0 Å². The normalized spacial score (nSPS) is 12.1. The van der Waals surface area contributed by atoms with Gasteiger partial charge in [0, 0.05) is 25.3 Å². The lowest BCUT2D eigenvalue weighted by molar-refractivity contribution is -0.137. The van der Waals surface area contributed by atoms with E-state index in [1.807, 2.05) is 12.1 Å². The summed E-state index contributed by atoms with van der Waals surface area (Å²) in [6.07, 6.45) is 0.478. The van der Waals surface area contributed by atoms with Gasteiger partial charge in [-0.15, -0.1) is 0 Å². The van der Waals surface area contributed by atoms with E-state index in [9.17, 15) is 17.4 Å². The predicted octanol–water partition coefficient (Wildman–Crippen LogP) is 5.50. The van der Waals surface area contributed by atoms with Crippen molar-refractivity contribution in [3.05, 3.63) is 59.7 Å². The zero-order chi connectivity index (χ0) is 23.3. The Balaban J connectivity index is 0.000000399. The molecule has 174 valence electrons. The fraction of sp³-hybridized carbons (Fsp3) is 0.478. The summed E-state index contributed by atoms with van der Waals surface area (Å²) in [5, 5.41) is 0. The first-order valence-electron chi connectivity index (χ1n) is 10.6. The molecule has 31 heavy (non-hydrogen) atoms. The third-order valence-electron chi connectivity index (χ3n) is 4.62. The van der Waals surface area contributed by atoms with Crippen LogP contribution in [0.1, 0.15) is 50.7 Å². The van der Waals surface area contributed by atoms with Gasteiger partial charge in [-0.25, -0.2) is 8.93 Å². The first-order chi connectivity index (χ1) is 14.8. The molecular formula is C23H34F3N3OS. The number of nitrogens with zero attached hydrogens (tertiary/aromatic N) is 1. The maximum absolute atomic E-state index is 12.0. The molecule has 3 N–H and O–H groups in total. The van der Waals surface area contributed by atoms with Gasteiger partial charge in [-0.05, 0) is 43.7 Å². The monoisotopic (exact) mass is 457 g/mol. The number of nitrogens with two attached hydrogens (primary N) is 1. The quantitative estimate of drug-likeness (QED) is 0.495. The summed E-state index contributed by atoms with van der Waals surface area (Å²) in [7, 11) is 0.532. The minimum atomic E-state index is -4.21. The number of hydrogen-bond donors (Lipinski definition) is 2. The van der Waals surface area contributed by atoms with Gasteiger partial charge in [0.2, 0.25) is 0 Å². The summed E-state index contributed by atoms with van der Waals surface area (Å²) in [5.41, 5.74) is 7.36. The van der Waals surface area contributed by atoms with Crippen LogP contribution in [-0.4, -0.2) is 24.3 Å². The Kier molecular flexibility index (Phi) is 12.4. The van der Waals surface area contributed by atoms with Crippen molar-refractivity contribution in [2.45, 2.75) is 57.1 Å². The third-order valence-corrected chi connectivity index (χ3v) is 5.65. The van der Waals surface area contributed by atoms with Crippen LogP contribution in [0.5, 0.6) is 0 Å². The maximum Gasteiger partial charge on any atom is 0.416 e. The van der Waals surface area contributed by atoms with Crippen LogP contribution in [0.2, 0.25) is 0 Å². The number of anilines is 1. The van der Waals surface area contributed by atoms with Gasteiger partial charge >= 0.3 is 6.18 Å². The third kappa shape index (κ3) is 9.84. The lowest BCUT2D eigenvalue weighted by atomic mass is 10.1. The second kappa shape index (κ2) is 14.2. The number of nitrogens with one attached hydrogen (secondary N) is 1. The molecule has 0 heterocycles. The van der Waals surface area contributed by atoms with Crippen LogP contribution in [0, 0.1) is 0 Å². The van der Waals surface area contributed by atoms with E-state index < -0.39 is 22.7 Å². The van der Waals surface area contributed by atoms with E-state index >= 15 is 0 Å². The molecule has 1 unspecified atom stereocenters. The van der Waals surface area contributed by atoms with Crippen molar-refractivity contribution in [2.75, 3.05) is 25.0 Å². The minimum Gasteiger partial charge on any atom is -0.371 e. The van der Waals surface area contributed by atoms with E-state index in [0.717, 1.165) is 41.4 Å². The molecule has 0 radical (unpaired) electrons. The minimum absolute atomic E-state index is 0.469. The average molecular weight is 458 g/mol. The molecular weight excluding hydrogens is 423 g/mol. The number of rotatable bonds is 10. The first kappa shape index (κ1) is 27.1. The molecule has 4 nitrogen and oxygen atoms in total. The second-order valence-corrected chi connectivity index (χ2v) is 8.49. The summed E-state index contributed by atoms with van der Waals surface area (Å²) in [5.74, 6) is 0. The van der Waals surface area contributed by atoms with Crippen LogP contribution in [0.3, 0.4) is 0 Å². The van der Waals surface area contributed by atoms with Crippen LogP contribution in [-0.2, 0) is 23.7 Å². The van der Waals surface area contributed by atoms with Crippen LogP contribution in [0.4, 0.5) is 18.9 Å². The van der Waals surface area contributed by atoms with Gasteiger partial charge in [0.05, 0.1) is 10.5 Å². The van der Waals surface area contributed by atoms with E-state index in [1.54, 1.807) is 13.1 Å². The summed E-state index contributed by atoms with van der Waals surface area (Å²) in [4.78, 5) is 3.19. The molecule has 0 spiro atoms. The van der Waals surface area contributed by atoms with Crippen molar-refractivity contribution >= 4 is 16.7 Å². The molecule has 0 aliphatic carbocycles. The van der Waals surface area contributed by atoms with Crippen LogP contribution in [0.15, 0.2) is 53.4 Å². The Morgan fingerprint density at radius 2 is 1.58 bits per heavy atom. The molecule has 2 aromatic rings. The SMILES string of the molecule is CCCCN(CCCC)c1cc(CN)cc(S(=O)NC)c1.FC(F)(F)c1ccccc1. The van der Waals surface area contributed by atoms with Crippen molar-refractivity contribution in [3.63, 3.8) is 0 Å². The Labute approximate surface area is 186 Å². The highest BCUT2D eigenvalue weighted by Crippen LogP contribution is 2.28. The number of alkyl halides is 3. The van der Waals surface area contributed by atoms with Gasteiger partial charge in [0.15, 0.2) is 0 Å². The molecule has 0 amide bonds. The van der Waals surface area contributed by atoms with E-state index in [2.05, 4.69) is 29.5 Å². The fourth-order valence-electron chi connectivity index (χ4n) is 2.86. The fourth-order valence-corrected chi connectivity index (χ4v) is 3.59. The van der Waals surface area contributed by atoms with Gasteiger partial charge < -0.3 is 10.6 Å². The molecule has 2 rings (SSSR count). The highest BCUT2D eigenvalue weighted by Gasteiger charge is 2.29. The summed E-state index contributed by atoms with van der Waals surface area (Å²) in [6, 6.07) is 12.4. The van der Waals surface area contributed by atoms with Crippen LogP contribution in [0.25, 0.3) is 0 Å². The Bertz CT molecular complexity index is 777. The largest absolute Gasteiger partial charge is 0.416 e. The molecule has 2 aromatic carbocycles. The van der Waals surface area contributed by atoms with E-state index in [4.69, 9.17) is 5.73 Å². The smallest absolute Gasteiger partial charge is 0.371 e. The standard InChI is InChI=1S/C16H29N3OS.C7H5F3/c1-4-6-8-19(9-7-5-2)15-10-14(13-17)11-16(12-15)21(20)18-3;8-7(9,10)6-4-2-1-3-5-6/h10-12,18H,4-9,13,17H2,1-3H3;1-5H. The molecule has 0 fully saturated rings. The van der Waals surface area contributed by atoms with Gasteiger partial charge in [-0.1, -0.05) is 57.0 Å². The molecule has 0 bridgehead atoms. The van der Waals surface area contributed by atoms with Crippen molar-refractivity contribution < 1.29 is 17.4 Å². The first-order valence-corrected chi connectivity index (χ1v) is 11.7. The topological polar surface area (TPSA) is 58.4 Å². The average Bonchev–Trinajstić information content (AvgIpc) is 2.78. The molecule has 8 heteroatoms. The lowest BCUT2D eigenvalue weighted by Gasteiger charge is -2.26. The van der Waals surface area contributed by atoms with Gasteiger partial charge in [-0.2, -0.15) is 13.2 Å². The highest BCUT2D eigenvalue weighted by molar-refractivity contribution is 7.83. The summed E-state index contributed by atoms with van der Waals surface area (Å²) >= 11 is 0. The highest BCUT2D eigenvalue weighted by atomic mass is 32.2. The molecule has 0 aromatic heterocycles. The Morgan fingerprint density at radius 1 is 1.00 bits per heavy atom. The molecule has 0 aliphatic heterocycles. The second-order valence-electron chi connectivity index (χ2n) is 7.07. The van der Waals surface area contributed by atoms with E-state index in [-0.39, 0.29) is 0 Å². The van der Waals surface area contributed by atoms with Gasteiger partial charge in [0.1, 0.15) is 11.0 Å². The van der Waals surface area contributed by atoms with Crippen molar-refractivity contribution in [3.8, 4) is 0 Å². The number of benzene rings is 2.